The Bertz CT molecular complexity index is 317. The van der Waals surface area contributed by atoms with Gasteiger partial charge in [-0.15, -0.1) is 0 Å². The summed E-state index contributed by atoms with van der Waals surface area (Å²) in [5, 5.41) is 8.83. The molecule has 0 bridgehead atoms. The molecule has 1 aromatic rings. The van der Waals surface area contributed by atoms with Crippen molar-refractivity contribution in [2.24, 2.45) is 0 Å². The standard InChI is InChI=1S/C8H8F2INO/c1-4-5(3-13)2-12-8(11)6(4)7(9)10/h2,7,13H,3H2,1H3. The zero-order valence-corrected chi connectivity index (χ0v) is 9.05. The highest BCUT2D eigenvalue weighted by molar-refractivity contribution is 14.1. The first-order chi connectivity index (χ1) is 6.07. The van der Waals surface area contributed by atoms with E-state index < -0.39 is 6.43 Å². The molecular formula is C8H8F2INO. The minimum Gasteiger partial charge on any atom is -0.392 e. The van der Waals surface area contributed by atoms with E-state index in [0.29, 0.717) is 14.8 Å². The molecule has 0 aliphatic rings. The molecule has 0 unspecified atom stereocenters. The maximum absolute atomic E-state index is 12.5. The van der Waals surface area contributed by atoms with E-state index in [1.807, 2.05) is 0 Å². The third-order valence-corrected chi connectivity index (χ3v) is 2.69. The van der Waals surface area contributed by atoms with Gasteiger partial charge in [-0.1, -0.05) is 0 Å². The van der Waals surface area contributed by atoms with Crippen LogP contribution in [0.4, 0.5) is 8.78 Å². The van der Waals surface area contributed by atoms with Gasteiger partial charge in [0.05, 0.1) is 12.2 Å². The van der Waals surface area contributed by atoms with Gasteiger partial charge in [0, 0.05) is 6.20 Å². The summed E-state index contributed by atoms with van der Waals surface area (Å²) in [6, 6.07) is 0. The molecule has 0 saturated carbocycles. The Balaban J connectivity index is 3.30. The van der Waals surface area contributed by atoms with Crippen molar-refractivity contribution in [3.8, 4) is 0 Å². The van der Waals surface area contributed by atoms with Crippen LogP contribution >= 0.6 is 22.6 Å². The fraction of sp³-hybridized carbons (Fsp3) is 0.375. The number of nitrogens with zero attached hydrogens (tertiary/aromatic N) is 1. The maximum atomic E-state index is 12.5. The molecule has 72 valence electrons. The molecule has 0 aromatic carbocycles. The average Bonchev–Trinajstić information content (AvgIpc) is 2.04. The Morgan fingerprint density at radius 2 is 2.23 bits per heavy atom. The summed E-state index contributed by atoms with van der Waals surface area (Å²) >= 11 is 1.76. The monoisotopic (exact) mass is 299 g/mol. The Kier molecular flexibility index (Phi) is 3.55. The average molecular weight is 299 g/mol. The lowest BCUT2D eigenvalue weighted by molar-refractivity contribution is 0.148. The molecule has 1 rings (SSSR count). The van der Waals surface area contributed by atoms with Crippen LogP contribution in [-0.2, 0) is 6.61 Å². The number of aliphatic hydroxyl groups is 1. The summed E-state index contributed by atoms with van der Waals surface area (Å²) in [7, 11) is 0. The fourth-order valence-corrected chi connectivity index (χ4v) is 1.82. The van der Waals surface area contributed by atoms with Gasteiger partial charge in [-0.2, -0.15) is 0 Å². The van der Waals surface area contributed by atoms with Crippen molar-refractivity contribution in [2.45, 2.75) is 20.0 Å². The van der Waals surface area contributed by atoms with Gasteiger partial charge in [0.2, 0.25) is 0 Å². The highest BCUT2D eigenvalue weighted by atomic mass is 127. The van der Waals surface area contributed by atoms with Gasteiger partial charge in [0.1, 0.15) is 3.70 Å². The summed E-state index contributed by atoms with van der Waals surface area (Å²) in [6.45, 7) is 1.31. The van der Waals surface area contributed by atoms with E-state index in [0.717, 1.165) is 0 Å². The number of pyridine rings is 1. The number of halogens is 3. The molecule has 0 spiro atoms. The number of alkyl halides is 2. The fourth-order valence-electron chi connectivity index (χ4n) is 1.04. The normalized spacial score (nSPS) is 10.9. The SMILES string of the molecule is Cc1c(CO)cnc(I)c1C(F)F. The topological polar surface area (TPSA) is 33.1 Å². The first kappa shape index (κ1) is 10.8. The molecule has 0 fully saturated rings. The van der Waals surface area contributed by atoms with Gasteiger partial charge in [-0.25, -0.2) is 13.8 Å². The lowest BCUT2D eigenvalue weighted by Gasteiger charge is -2.09. The molecule has 0 atom stereocenters. The lowest BCUT2D eigenvalue weighted by atomic mass is 10.1. The van der Waals surface area contributed by atoms with Gasteiger partial charge in [-0.05, 0) is 40.6 Å². The maximum Gasteiger partial charge on any atom is 0.266 e. The van der Waals surface area contributed by atoms with E-state index in [1.54, 1.807) is 29.5 Å². The van der Waals surface area contributed by atoms with E-state index in [4.69, 9.17) is 5.11 Å². The minimum absolute atomic E-state index is 0.0767. The van der Waals surface area contributed by atoms with Crippen molar-refractivity contribution in [1.29, 1.82) is 0 Å². The lowest BCUT2D eigenvalue weighted by Crippen LogP contribution is -2.01. The van der Waals surface area contributed by atoms with Crippen molar-refractivity contribution in [3.05, 3.63) is 26.6 Å². The van der Waals surface area contributed by atoms with Crippen LogP contribution in [0.2, 0.25) is 0 Å². The molecule has 5 heteroatoms. The predicted octanol–water partition coefficient (Wildman–Crippen LogP) is 2.42. The van der Waals surface area contributed by atoms with E-state index in [9.17, 15) is 8.78 Å². The number of hydrogen-bond acceptors (Lipinski definition) is 2. The predicted molar refractivity (Wildman–Crippen MR) is 52.6 cm³/mol. The summed E-state index contributed by atoms with van der Waals surface area (Å²) in [5.41, 5.74) is 0.805. The molecule has 1 heterocycles. The van der Waals surface area contributed by atoms with E-state index in [2.05, 4.69) is 4.98 Å². The minimum atomic E-state index is -2.54. The second kappa shape index (κ2) is 4.28. The Labute approximate surface area is 88.1 Å². The first-order valence-corrected chi connectivity index (χ1v) is 4.68. The number of hydrogen-bond donors (Lipinski definition) is 1. The van der Waals surface area contributed by atoms with Crippen LogP contribution < -0.4 is 0 Å². The smallest absolute Gasteiger partial charge is 0.266 e. The summed E-state index contributed by atoms with van der Waals surface area (Å²) in [6.07, 6.45) is -1.12. The molecule has 1 aromatic heterocycles. The first-order valence-electron chi connectivity index (χ1n) is 3.60. The quantitative estimate of drug-likeness (QED) is 0.672. The molecule has 0 amide bonds. The van der Waals surface area contributed by atoms with E-state index >= 15 is 0 Å². The Morgan fingerprint density at radius 1 is 1.62 bits per heavy atom. The van der Waals surface area contributed by atoms with Gasteiger partial charge in [0.25, 0.3) is 6.43 Å². The summed E-state index contributed by atoms with van der Waals surface area (Å²) in [4.78, 5) is 3.78. The van der Waals surface area contributed by atoms with Crippen molar-refractivity contribution in [1.82, 2.24) is 4.98 Å². The van der Waals surface area contributed by atoms with Crippen LogP contribution in [-0.4, -0.2) is 10.1 Å². The molecular weight excluding hydrogens is 291 g/mol. The molecule has 1 N–H and O–H groups in total. The highest BCUT2D eigenvalue weighted by Crippen LogP contribution is 2.28. The van der Waals surface area contributed by atoms with Crippen LogP contribution in [0, 0.1) is 10.6 Å². The molecule has 13 heavy (non-hydrogen) atoms. The summed E-state index contributed by atoms with van der Waals surface area (Å²) < 4.78 is 25.3. The van der Waals surface area contributed by atoms with Crippen LogP contribution in [0.1, 0.15) is 23.1 Å². The van der Waals surface area contributed by atoms with Crippen LogP contribution in [0.15, 0.2) is 6.20 Å². The zero-order valence-electron chi connectivity index (χ0n) is 6.89. The van der Waals surface area contributed by atoms with E-state index in [1.165, 1.54) is 6.20 Å². The zero-order chi connectivity index (χ0) is 10.0. The van der Waals surface area contributed by atoms with Crippen molar-refractivity contribution >= 4 is 22.6 Å². The van der Waals surface area contributed by atoms with Crippen LogP contribution in [0.5, 0.6) is 0 Å². The van der Waals surface area contributed by atoms with Crippen molar-refractivity contribution in [2.75, 3.05) is 0 Å². The van der Waals surface area contributed by atoms with Crippen molar-refractivity contribution < 1.29 is 13.9 Å². The van der Waals surface area contributed by atoms with Crippen LogP contribution in [0.25, 0.3) is 0 Å². The van der Waals surface area contributed by atoms with Gasteiger partial charge >= 0.3 is 0 Å². The molecule has 0 saturated heterocycles. The molecule has 0 aliphatic heterocycles. The van der Waals surface area contributed by atoms with Crippen molar-refractivity contribution in [3.63, 3.8) is 0 Å². The second-order valence-electron chi connectivity index (χ2n) is 2.57. The molecule has 2 nitrogen and oxygen atoms in total. The summed E-state index contributed by atoms with van der Waals surface area (Å²) in [5.74, 6) is 0. The van der Waals surface area contributed by atoms with Crippen LogP contribution in [0.3, 0.4) is 0 Å². The van der Waals surface area contributed by atoms with Gasteiger partial charge in [0.15, 0.2) is 0 Å². The Hall–Kier alpha value is -0.300. The number of rotatable bonds is 2. The second-order valence-corrected chi connectivity index (χ2v) is 3.59. The molecule has 0 aliphatic carbocycles. The largest absolute Gasteiger partial charge is 0.392 e. The number of aliphatic hydroxyl groups excluding tert-OH is 1. The highest BCUT2D eigenvalue weighted by Gasteiger charge is 2.17. The van der Waals surface area contributed by atoms with E-state index in [-0.39, 0.29) is 12.2 Å². The third-order valence-electron chi connectivity index (χ3n) is 1.83. The third kappa shape index (κ3) is 2.14. The van der Waals surface area contributed by atoms with Gasteiger partial charge < -0.3 is 5.11 Å². The Morgan fingerprint density at radius 3 is 2.69 bits per heavy atom. The van der Waals surface area contributed by atoms with Gasteiger partial charge in [-0.3, -0.25) is 0 Å². The molecule has 0 radical (unpaired) electrons. The number of aromatic nitrogens is 1.